The number of hydrogen-bond donors (Lipinski definition) is 1. The second-order valence-corrected chi connectivity index (χ2v) is 5.80. The molecule has 3 aromatic rings. The quantitative estimate of drug-likeness (QED) is 0.792. The third kappa shape index (κ3) is 2.75. The molecule has 116 valence electrons. The summed E-state index contributed by atoms with van der Waals surface area (Å²) in [6, 6.07) is 5.68. The van der Waals surface area contributed by atoms with E-state index in [2.05, 4.69) is 30.6 Å². The monoisotopic (exact) mass is 328 g/mol. The van der Waals surface area contributed by atoms with E-state index in [0.29, 0.717) is 28.4 Å². The minimum Gasteiger partial charge on any atom is -0.489 e. The maximum atomic E-state index is 6.33. The van der Waals surface area contributed by atoms with E-state index in [9.17, 15) is 0 Å². The SMILES string of the molecule is Cc1c(-c2ccc(OC3CC3)c(Cl)c2)ncnc1-c1nn[nH]n1. The Hall–Kier alpha value is -2.54. The van der Waals surface area contributed by atoms with Gasteiger partial charge >= 0.3 is 0 Å². The number of halogens is 1. The smallest absolute Gasteiger partial charge is 0.223 e. The van der Waals surface area contributed by atoms with Crippen molar-refractivity contribution in [2.75, 3.05) is 0 Å². The third-order valence-electron chi connectivity index (χ3n) is 3.66. The van der Waals surface area contributed by atoms with Crippen LogP contribution >= 0.6 is 11.6 Å². The van der Waals surface area contributed by atoms with Crippen LogP contribution in [-0.2, 0) is 0 Å². The highest BCUT2D eigenvalue weighted by Gasteiger charge is 2.24. The molecule has 0 unspecified atom stereocenters. The Morgan fingerprint density at radius 2 is 2.04 bits per heavy atom. The maximum absolute atomic E-state index is 6.33. The van der Waals surface area contributed by atoms with E-state index in [0.717, 1.165) is 29.7 Å². The van der Waals surface area contributed by atoms with Gasteiger partial charge in [0.2, 0.25) is 5.82 Å². The summed E-state index contributed by atoms with van der Waals surface area (Å²) in [5.74, 6) is 1.15. The second kappa shape index (κ2) is 5.58. The normalized spacial score (nSPS) is 14.0. The van der Waals surface area contributed by atoms with E-state index < -0.39 is 0 Å². The molecule has 4 rings (SSSR count). The van der Waals surface area contributed by atoms with Crippen LogP contribution in [0.3, 0.4) is 0 Å². The van der Waals surface area contributed by atoms with Crippen molar-refractivity contribution < 1.29 is 4.74 Å². The number of hydrogen-bond acceptors (Lipinski definition) is 6. The van der Waals surface area contributed by atoms with Crippen molar-refractivity contribution in [2.45, 2.75) is 25.9 Å². The predicted octanol–water partition coefficient (Wildman–Crippen LogP) is 2.83. The first-order valence-corrected chi connectivity index (χ1v) is 7.62. The van der Waals surface area contributed by atoms with Crippen LogP contribution in [0.2, 0.25) is 5.02 Å². The molecule has 0 saturated heterocycles. The number of aromatic amines is 1. The van der Waals surface area contributed by atoms with E-state index >= 15 is 0 Å². The van der Waals surface area contributed by atoms with Gasteiger partial charge in [0.1, 0.15) is 17.8 Å². The summed E-state index contributed by atoms with van der Waals surface area (Å²) in [4.78, 5) is 8.61. The molecule has 1 aliphatic rings. The predicted molar refractivity (Wildman–Crippen MR) is 84.0 cm³/mol. The van der Waals surface area contributed by atoms with Crippen molar-refractivity contribution in [3.8, 4) is 28.5 Å². The van der Waals surface area contributed by atoms with Gasteiger partial charge in [0.05, 0.1) is 16.8 Å². The van der Waals surface area contributed by atoms with E-state index in [-0.39, 0.29) is 0 Å². The molecule has 1 aromatic carbocycles. The van der Waals surface area contributed by atoms with E-state index in [4.69, 9.17) is 16.3 Å². The van der Waals surface area contributed by atoms with Crippen molar-refractivity contribution in [1.29, 1.82) is 0 Å². The largest absolute Gasteiger partial charge is 0.489 e. The summed E-state index contributed by atoms with van der Waals surface area (Å²) in [6.45, 7) is 1.92. The number of rotatable bonds is 4. The molecular weight excluding hydrogens is 316 g/mol. The number of H-pyrrole nitrogens is 1. The highest BCUT2D eigenvalue weighted by Crippen LogP contribution is 2.35. The number of nitrogens with one attached hydrogen (secondary N) is 1. The number of tetrazole rings is 1. The number of nitrogens with zero attached hydrogens (tertiary/aromatic N) is 5. The Balaban J connectivity index is 1.73. The summed E-state index contributed by atoms with van der Waals surface area (Å²) in [6.07, 6.45) is 3.98. The molecule has 0 bridgehead atoms. The van der Waals surface area contributed by atoms with Gasteiger partial charge in [-0.25, -0.2) is 9.97 Å². The molecule has 0 radical (unpaired) electrons. The Kier molecular flexibility index (Phi) is 3.42. The Morgan fingerprint density at radius 3 is 2.74 bits per heavy atom. The lowest BCUT2D eigenvalue weighted by Crippen LogP contribution is -1.98. The van der Waals surface area contributed by atoms with Crippen molar-refractivity contribution in [3.63, 3.8) is 0 Å². The summed E-state index contributed by atoms with van der Waals surface area (Å²) in [5.41, 5.74) is 3.17. The van der Waals surface area contributed by atoms with Crippen LogP contribution in [0.25, 0.3) is 22.8 Å². The van der Waals surface area contributed by atoms with Gasteiger partial charge in [-0.05, 0) is 43.2 Å². The molecule has 1 N–H and O–H groups in total. The molecule has 2 heterocycles. The Labute approximate surface area is 137 Å². The third-order valence-corrected chi connectivity index (χ3v) is 3.96. The molecule has 7 nitrogen and oxygen atoms in total. The van der Waals surface area contributed by atoms with Crippen LogP contribution in [0.1, 0.15) is 18.4 Å². The topological polar surface area (TPSA) is 89.5 Å². The molecule has 1 fully saturated rings. The average Bonchev–Trinajstić information content (AvgIpc) is 3.20. The van der Waals surface area contributed by atoms with Crippen LogP contribution in [0.15, 0.2) is 24.5 Å². The molecule has 1 aliphatic carbocycles. The molecule has 0 atom stereocenters. The first-order valence-electron chi connectivity index (χ1n) is 7.24. The molecule has 2 aromatic heterocycles. The molecule has 23 heavy (non-hydrogen) atoms. The minimum atomic E-state index is 0.309. The molecular formula is C15H13ClN6O. The molecule has 1 saturated carbocycles. The van der Waals surface area contributed by atoms with Gasteiger partial charge in [0.15, 0.2) is 0 Å². The van der Waals surface area contributed by atoms with E-state index in [1.54, 1.807) is 0 Å². The Bertz CT molecular complexity index is 847. The molecule has 8 heteroatoms. The summed E-state index contributed by atoms with van der Waals surface area (Å²) in [5, 5.41) is 14.5. The fourth-order valence-electron chi connectivity index (χ4n) is 2.34. The fraction of sp³-hybridized carbons (Fsp3) is 0.267. The fourth-order valence-corrected chi connectivity index (χ4v) is 2.56. The number of ether oxygens (including phenoxy) is 1. The van der Waals surface area contributed by atoms with Crippen molar-refractivity contribution in [2.24, 2.45) is 0 Å². The molecule has 0 aliphatic heterocycles. The average molecular weight is 329 g/mol. The Morgan fingerprint density at radius 1 is 1.22 bits per heavy atom. The van der Waals surface area contributed by atoms with E-state index in [1.165, 1.54) is 6.33 Å². The summed E-state index contributed by atoms with van der Waals surface area (Å²) in [7, 11) is 0. The van der Waals surface area contributed by atoms with Crippen LogP contribution < -0.4 is 4.74 Å². The van der Waals surface area contributed by atoms with Gasteiger partial charge in [0.25, 0.3) is 0 Å². The standard InChI is InChI=1S/C15H13ClN6O/c1-8-13(17-7-18-14(8)15-19-21-22-20-15)9-2-5-12(11(16)6-9)23-10-3-4-10/h2,5-7,10H,3-4H2,1H3,(H,19,20,21,22). The van der Waals surface area contributed by atoms with Crippen LogP contribution in [-0.4, -0.2) is 36.7 Å². The van der Waals surface area contributed by atoms with Gasteiger partial charge < -0.3 is 4.74 Å². The van der Waals surface area contributed by atoms with Crippen molar-refractivity contribution in [1.82, 2.24) is 30.6 Å². The van der Waals surface area contributed by atoms with Crippen LogP contribution in [0.5, 0.6) is 5.75 Å². The van der Waals surface area contributed by atoms with Crippen molar-refractivity contribution in [3.05, 3.63) is 35.1 Å². The van der Waals surface area contributed by atoms with Gasteiger partial charge in [-0.3, -0.25) is 0 Å². The van der Waals surface area contributed by atoms with Crippen LogP contribution in [0, 0.1) is 6.92 Å². The number of aromatic nitrogens is 6. The number of benzene rings is 1. The van der Waals surface area contributed by atoms with Crippen molar-refractivity contribution >= 4 is 11.6 Å². The molecule has 0 amide bonds. The van der Waals surface area contributed by atoms with Gasteiger partial charge in [-0.2, -0.15) is 5.21 Å². The highest BCUT2D eigenvalue weighted by atomic mass is 35.5. The first kappa shape index (κ1) is 14.1. The summed E-state index contributed by atoms with van der Waals surface area (Å²) >= 11 is 6.33. The second-order valence-electron chi connectivity index (χ2n) is 5.39. The maximum Gasteiger partial charge on any atom is 0.223 e. The zero-order valence-corrected chi connectivity index (χ0v) is 13.1. The van der Waals surface area contributed by atoms with Gasteiger partial charge in [0, 0.05) is 11.1 Å². The highest BCUT2D eigenvalue weighted by molar-refractivity contribution is 6.32. The first-order chi connectivity index (χ1) is 11.2. The lowest BCUT2D eigenvalue weighted by Gasteiger charge is -2.10. The molecule has 0 spiro atoms. The van der Waals surface area contributed by atoms with Gasteiger partial charge in [-0.15, -0.1) is 10.2 Å². The summed E-state index contributed by atoms with van der Waals surface area (Å²) < 4.78 is 5.76. The lowest BCUT2D eigenvalue weighted by atomic mass is 10.1. The van der Waals surface area contributed by atoms with E-state index in [1.807, 2.05) is 25.1 Å². The minimum absolute atomic E-state index is 0.309. The lowest BCUT2D eigenvalue weighted by molar-refractivity contribution is 0.303. The zero-order valence-electron chi connectivity index (χ0n) is 12.3. The van der Waals surface area contributed by atoms with Gasteiger partial charge in [-0.1, -0.05) is 11.6 Å². The van der Waals surface area contributed by atoms with Crippen LogP contribution in [0.4, 0.5) is 0 Å². The zero-order chi connectivity index (χ0) is 15.8.